The molecule has 1 unspecified atom stereocenters. The maximum atomic E-state index is 12.8. The van der Waals surface area contributed by atoms with Crippen LogP contribution in [0.3, 0.4) is 0 Å². The van der Waals surface area contributed by atoms with Gasteiger partial charge >= 0.3 is 0 Å². The third-order valence-corrected chi connectivity index (χ3v) is 6.84. The average Bonchev–Trinajstić information content (AvgIpc) is 3.57. The number of hydrogen-bond acceptors (Lipinski definition) is 6. The summed E-state index contributed by atoms with van der Waals surface area (Å²) in [7, 11) is -4.10. The van der Waals surface area contributed by atoms with E-state index in [0.717, 1.165) is 19.3 Å². The van der Waals surface area contributed by atoms with Crippen molar-refractivity contribution in [2.45, 2.75) is 55.1 Å². The second kappa shape index (κ2) is 9.97. The molecular formula is C20H27N7O4S. The van der Waals surface area contributed by atoms with Gasteiger partial charge in [-0.2, -0.15) is 9.98 Å². The number of sulfonamides is 1. The lowest BCUT2D eigenvalue weighted by Crippen LogP contribution is -2.53. The van der Waals surface area contributed by atoms with Crippen molar-refractivity contribution in [1.82, 2.24) is 20.3 Å². The molecule has 11 nitrogen and oxygen atoms in total. The quantitative estimate of drug-likeness (QED) is 0.252. The average molecular weight is 462 g/mol. The van der Waals surface area contributed by atoms with Crippen LogP contribution in [-0.2, 0) is 19.6 Å². The van der Waals surface area contributed by atoms with Gasteiger partial charge in [0.1, 0.15) is 6.04 Å². The Morgan fingerprint density at radius 1 is 1.19 bits per heavy atom. The minimum Gasteiger partial charge on any atom is -0.370 e. The Balaban J connectivity index is 1.68. The van der Waals surface area contributed by atoms with Gasteiger partial charge in [-0.3, -0.25) is 15.0 Å². The molecular weight excluding hydrogens is 434 g/mol. The van der Waals surface area contributed by atoms with Crippen LogP contribution in [-0.4, -0.2) is 62.3 Å². The molecule has 0 radical (unpaired) electrons. The number of nitriles is 1. The van der Waals surface area contributed by atoms with Gasteiger partial charge in [-0.1, -0.05) is 0 Å². The van der Waals surface area contributed by atoms with Gasteiger partial charge in [0.2, 0.25) is 21.8 Å². The van der Waals surface area contributed by atoms with Gasteiger partial charge in [0.25, 0.3) is 0 Å². The molecule has 1 saturated heterocycles. The summed E-state index contributed by atoms with van der Waals surface area (Å²) in [6.07, 6.45) is 2.71. The van der Waals surface area contributed by atoms with Crippen molar-refractivity contribution in [1.29, 1.82) is 10.7 Å². The number of guanidine groups is 1. The summed E-state index contributed by atoms with van der Waals surface area (Å²) in [6, 6.07) is 5.65. The number of piperidine rings is 1. The standard InChI is InChI=1S/C20H27N7O4S/c21-11-13-3-7-16(8-4-13)32(30,31)26-17(19(29)25-14-5-6-14)10-18(28)24-15-2-1-9-27(12-15)20(22)23/h3-4,7-8,14-15,17,26H,1-2,5-6,9-10,12H2,(H3,22,23)(H,24,28)(H,25,29)/t15?,17-/m0/s1. The molecule has 6 N–H and O–H groups in total. The lowest BCUT2D eigenvalue weighted by Gasteiger charge is -2.33. The molecule has 0 bridgehead atoms. The third kappa shape index (κ3) is 6.41. The highest BCUT2D eigenvalue weighted by Crippen LogP contribution is 2.19. The van der Waals surface area contributed by atoms with Crippen LogP contribution in [0.5, 0.6) is 0 Å². The number of carbonyl (C=O) groups excluding carboxylic acids is 2. The van der Waals surface area contributed by atoms with Crippen LogP contribution in [0.15, 0.2) is 29.2 Å². The summed E-state index contributed by atoms with van der Waals surface area (Å²) in [5, 5.41) is 22.0. The SMILES string of the molecule is N#Cc1ccc(S(=O)(=O)N[C@@H](CC(=O)NC2CCCN(C(=N)N)C2)C(=O)NC2CC2)cc1. The fourth-order valence-electron chi connectivity index (χ4n) is 3.47. The van der Waals surface area contributed by atoms with Gasteiger partial charge in [0.05, 0.1) is 22.9 Å². The Morgan fingerprint density at radius 3 is 2.47 bits per heavy atom. The number of amides is 2. The van der Waals surface area contributed by atoms with Gasteiger partial charge in [-0.25, -0.2) is 8.42 Å². The van der Waals surface area contributed by atoms with Crippen molar-refractivity contribution in [2.24, 2.45) is 5.73 Å². The summed E-state index contributed by atoms with van der Waals surface area (Å²) in [4.78, 5) is 26.8. The Kier molecular flexibility index (Phi) is 7.32. The molecule has 2 atom stereocenters. The summed E-state index contributed by atoms with van der Waals surface area (Å²) in [5.74, 6) is -1.10. The van der Waals surface area contributed by atoms with E-state index in [1.807, 2.05) is 6.07 Å². The lowest BCUT2D eigenvalue weighted by atomic mass is 10.1. The number of likely N-dealkylation sites (tertiary alicyclic amines) is 1. The topological polar surface area (TPSA) is 181 Å². The maximum absolute atomic E-state index is 12.8. The van der Waals surface area contributed by atoms with Gasteiger partial charge in [-0.15, -0.1) is 0 Å². The van der Waals surface area contributed by atoms with Crippen molar-refractivity contribution in [3.05, 3.63) is 29.8 Å². The minimum absolute atomic E-state index is 0.00468. The number of benzene rings is 1. The van der Waals surface area contributed by atoms with Crippen LogP contribution in [0.4, 0.5) is 0 Å². The molecule has 1 heterocycles. The van der Waals surface area contributed by atoms with E-state index in [1.54, 1.807) is 4.90 Å². The largest absolute Gasteiger partial charge is 0.370 e. The number of hydrogen-bond donors (Lipinski definition) is 5. The number of rotatable bonds is 8. The monoisotopic (exact) mass is 461 g/mol. The van der Waals surface area contributed by atoms with Crippen LogP contribution in [0.2, 0.25) is 0 Å². The molecule has 172 valence electrons. The molecule has 0 spiro atoms. The van der Waals surface area contributed by atoms with E-state index >= 15 is 0 Å². The van der Waals surface area contributed by atoms with Crippen LogP contribution < -0.4 is 21.1 Å². The van der Waals surface area contributed by atoms with Crippen LogP contribution in [0.25, 0.3) is 0 Å². The smallest absolute Gasteiger partial charge is 0.241 e. The van der Waals surface area contributed by atoms with E-state index in [1.165, 1.54) is 24.3 Å². The van der Waals surface area contributed by atoms with E-state index in [2.05, 4.69) is 15.4 Å². The van der Waals surface area contributed by atoms with E-state index in [4.69, 9.17) is 16.4 Å². The molecule has 1 aliphatic carbocycles. The second-order valence-corrected chi connectivity index (χ2v) is 9.75. The van der Waals surface area contributed by atoms with Gasteiger partial charge in [-0.05, 0) is 49.9 Å². The lowest BCUT2D eigenvalue weighted by molar-refractivity contribution is -0.128. The van der Waals surface area contributed by atoms with Gasteiger partial charge in [0, 0.05) is 25.2 Å². The van der Waals surface area contributed by atoms with Crippen molar-refractivity contribution in [3.8, 4) is 6.07 Å². The highest BCUT2D eigenvalue weighted by Gasteiger charge is 2.33. The first-order valence-corrected chi connectivity index (χ1v) is 11.9. The molecule has 2 fully saturated rings. The summed E-state index contributed by atoms with van der Waals surface area (Å²) >= 11 is 0. The van der Waals surface area contributed by atoms with E-state index in [0.29, 0.717) is 25.1 Å². The molecule has 12 heteroatoms. The summed E-state index contributed by atoms with van der Waals surface area (Å²) < 4.78 is 27.9. The zero-order valence-corrected chi connectivity index (χ0v) is 18.3. The molecule has 2 amide bonds. The van der Waals surface area contributed by atoms with Crippen molar-refractivity contribution >= 4 is 27.8 Å². The number of nitrogens with zero attached hydrogens (tertiary/aromatic N) is 2. The van der Waals surface area contributed by atoms with Crippen LogP contribution in [0.1, 0.15) is 37.7 Å². The van der Waals surface area contributed by atoms with E-state index in [9.17, 15) is 18.0 Å². The zero-order valence-electron chi connectivity index (χ0n) is 17.5. The molecule has 2 aliphatic rings. The Bertz CT molecular complexity index is 1020. The van der Waals surface area contributed by atoms with Gasteiger partial charge < -0.3 is 21.3 Å². The van der Waals surface area contributed by atoms with E-state index in [-0.39, 0.29) is 29.4 Å². The van der Waals surface area contributed by atoms with Crippen LogP contribution >= 0.6 is 0 Å². The number of nitrogens with two attached hydrogens (primary N) is 1. The summed E-state index contributed by atoms with van der Waals surface area (Å²) in [6.45, 7) is 1.02. The molecule has 32 heavy (non-hydrogen) atoms. The molecule has 1 saturated carbocycles. The number of nitrogens with one attached hydrogen (secondary N) is 4. The summed E-state index contributed by atoms with van der Waals surface area (Å²) in [5.41, 5.74) is 5.83. The van der Waals surface area contributed by atoms with E-state index < -0.39 is 27.9 Å². The number of carbonyl (C=O) groups is 2. The first kappa shape index (κ1) is 23.5. The normalized spacial score (nSPS) is 19.5. The first-order valence-electron chi connectivity index (χ1n) is 10.4. The predicted molar refractivity (Wildman–Crippen MR) is 116 cm³/mol. The Hall–Kier alpha value is -3.17. The Morgan fingerprint density at radius 2 is 1.88 bits per heavy atom. The minimum atomic E-state index is -4.10. The predicted octanol–water partition coefficient (Wildman–Crippen LogP) is -0.652. The van der Waals surface area contributed by atoms with Crippen molar-refractivity contribution in [3.63, 3.8) is 0 Å². The molecule has 1 aromatic rings. The second-order valence-electron chi connectivity index (χ2n) is 8.03. The molecule has 0 aromatic heterocycles. The molecule has 1 aliphatic heterocycles. The highest BCUT2D eigenvalue weighted by atomic mass is 32.2. The fraction of sp³-hybridized carbons (Fsp3) is 0.500. The van der Waals surface area contributed by atoms with Crippen molar-refractivity contribution < 1.29 is 18.0 Å². The molecule has 1 aromatic carbocycles. The third-order valence-electron chi connectivity index (χ3n) is 5.35. The first-order chi connectivity index (χ1) is 15.2. The maximum Gasteiger partial charge on any atom is 0.241 e. The molecule has 3 rings (SSSR count). The Labute approximate surface area is 186 Å². The zero-order chi connectivity index (χ0) is 23.3. The van der Waals surface area contributed by atoms with Crippen LogP contribution in [0, 0.1) is 16.7 Å². The fourth-order valence-corrected chi connectivity index (χ4v) is 4.66. The van der Waals surface area contributed by atoms with Gasteiger partial charge in [0.15, 0.2) is 5.96 Å². The van der Waals surface area contributed by atoms with Crippen molar-refractivity contribution in [2.75, 3.05) is 13.1 Å². The highest BCUT2D eigenvalue weighted by molar-refractivity contribution is 7.89.